The Morgan fingerprint density at radius 3 is 2.34 bits per heavy atom. The molecular formula is C24H27N3O3S2. The Labute approximate surface area is 193 Å². The molecule has 0 atom stereocenters. The molecule has 1 aliphatic heterocycles. The van der Waals surface area contributed by atoms with Gasteiger partial charge in [0.1, 0.15) is 5.01 Å². The Bertz CT molecular complexity index is 1130. The maximum absolute atomic E-state index is 12.9. The van der Waals surface area contributed by atoms with Gasteiger partial charge in [-0.15, -0.1) is 11.3 Å². The minimum atomic E-state index is -3.46. The van der Waals surface area contributed by atoms with Crippen molar-refractivity contribution in [2.24, 2.45) is 0 Å². The Morgan fingerprint density at radius 1 is 0.969 bits per heavy atom. The third-order valence-electron chi connectivity index (χ3n) is 5.55. The van der Waals surface area contributed by atoms with Crippen LogP contribution in [-0.4, -0.2) is 36.7 Å². The molecule has 0 saturated carbocycles. The Morgan fingerprint density at radius 2 is 1.66 bits per heavy atom. The van der Waals surface area contributed by atoms with E-state index in [1.165, 1.54) is 11.3 Å². The van der Waals surface area contributed by atoms with Gasteiger partial charge in [-0.05, 0) is 30.5 Å². The van der Waals surface area contributed by atoms with Crippen LogP contribution in [0.15, 0.2) is 64.9 Å². The molecule has 1 N–H and O–H groups in total. The van der Waals surface area contributed by atoms with Crippen molar-refractivity contribution in [1.82, 2.24) is 14.6 Å². The smallest absolute Gasteiger partial charge is 0.243 e. The molecular weight excluding hydrogens is 442 g/mol. The van der Waals surface area contributed by atoms with E-state index in [1.807, 2.05) is 35.7 Å². The van der Waals surface area contributed by atoms with Crippen LogP contribution in [0.25, 0.3) is 11.3 Å². The van der Waals surface area contributed by atoms with E-state index in [-0.39, 0.29) is 12.3 Å². The van der Waals surface area contributed by atoms with E-state index < -0.39 is 10.0 Å². The zero-order valence-corrected chi connectivity index (χ0v) is 19.5. The summed E-state index contributed by atoms with van der Waals surface area (Å²) in [6.45, 7) is 1.67. The molecule has 1 fully saturated rings. The third kappa shape index (κ3) is 5.62. The number of benzene rings is 2. The maximum atomic E-state index is 12.9. The summed E-state index contributed by atoms with van der Waals surface area (Å²) in [7, 11) is -3.46. The summed E-state index contributed by atoms with van der Waals surface area (Å²) in [5.74, 6) is -0.0753. The minimum Gasteiger partial charge on any atom is -0.352 e. The molecule has 4 rings (SSSR count). The molecule has 6 nitrogen and oxygen atoms in total. The van der Waals surface area contributed by atoms with Crippen LogP contribution in [0.1, 0.15) is 36.3 Å². The summed E-state index contributed by atoms with van der Waals surface area (Å²) in [5, 5.41) is 5.54. The molecule has 32 heavy (non-hydrogen) atoms. The van der Waals surface area contributed by atoms with Crippen molar-refractivity contribution < 1.29 is 13.2 Å². The molecule has 0 aliphatic carbocycles. The highest BCUT2D eigenvalue weighted by Gasteiger charge is 2.25. The van der Waals surface area contributed by atoms with Crippen molar-refractivity contribution >= 4 is 27.3 Å². The van der Waals surface area contributed by atoms with Crippen LogP contribution >= 0.6 is 11.3 Å². The van der Waals surface area contributed by atoms with E-state index in [9.17, 15) is 13.2 Å². The summed E-state index contributed by atoms with van der Waals surface area (Å²) in [4.78, 5) is 17.1. The van der Waals surface area contributed by atoms with Gasteiger partial charge in [-0.2, -0.15) is 4.31 Å². The minimum absolute atomic E-state index is 0.0753. The van der Waals surface area contributed by atoms with Crippen molar-refractivity contribution in [2.45, 2.75) is 43.5 Å². The monoisotopic (exact) mass is 469 g/mol. The zero-order chi connectivity index (χ0) is 22.4. The molecule has 1 aliphatic rings. The Hall–Kier alpha value is -2.55. The van der Waals surface area contributed by atoms with Gasteiger partial charge < -0.3 is 5.32 Å². The molecule has 168 valence electrons. The molecule has 1 saturated heterocycles. The van der Waals surface area contributed by atoms with E-state index in [2.05, 4.69) is 10.3 Å². The van der Waals surface area contributed by atoms with Crippen LogP contribution in [0.5, 0.6) is 0 Å². The number of amides is 1. The Kier molecular flexibility index (Phi) is 7.34. The third-order valence-corrected chi connectivity index (χ3v) is 8.31. The van der Waals surface area contributed by atoms with Crippen LogP contribution in [-0.2, 0) is 27.8 Å². The molecule has 2 aromatic carbocycles. The van der Waals surface area contributed by atoms with Gasteiger partial charge in [0.15, 0.2) is 0 Å². The standard InChI is InChI=1S/C24H27N3O3S2/c28-23(25-17-19-8-4-3-5-9-19)16-24-26-22(18-31-24)20-10-12-21(13-11-20)32(29,30)27-14-6-1-2-7-15-27/h3-5,8-13,18H,1-2,6-7,14-17H2,(H,25,28). The lowest BCUT2D eigenvalue weighted by Gasteiger charge is -2.19. The van der Waals surface area contributed by atoms with Crippen LogP contribution in [0.3, 0.4) is 0 Å². The highest BCUT2D eigenvalue weighted by molar-refractivity contribution is 7.89. The largest absolute Gasteiger partial charge is 0.352 e. The number of thiazole rings is 1. The lowest BCUT2D eigenvalue weighted by molar-refractivity contribution is -0.120. The van der Waals surface area contributed by atoms with Crippen molar-refractivity contribution in [1.29, 1.82) is 0 Å². The SMILES string of the molecule is O=C(Cc1nc(-c2ccc(S(=O)(=O)N3CCCCCC3)cc2)cs1)NCc1ccccc1. The first-order valence-electron chi connectivity index (χ1n) is 10.9. The van der Waals surface area contributed by atoms with E-state index in [0.717, 1.165) is 47.5 Å². The van der Waals surface area contributed by atoms with Gasteiger partial charge in [-0.3, -0.25) is 4.79 Å². The molecule has 3 aromatic rings. The predicted molar refractivity (Wildman–Crippen MR) is 127 cm³/mol. The van der Waals surface area contributed by atoms with Crippen molar-refractivity contribution in [3.8, 4) is 11.3 Å². The summed E-state index contributed by atoms with van der Waals surface area (Å²) in [6, 6.07) is 16.7. The molecule has 0 unspecified atom stereocenters. The number of hydrogen-bond donors (Lipinski definition) is 1. The van der Waals surface area contributed by atoms with Crippen LogP contribution in [0, 0.1) is 0 Å². The second kappa shape index (κ2) is 10.4. The van der Waals surface area contributed by atoms with Gasteiger partial charge in [0.05, 0.1) is 17.0 Å². The number of aromatic nitrogens is 1. The maximum Gasteiger partial charge on any atom is 0.243 e. The molecule has 2 heterocycles. The van der Waals surface area contributed by atoms with Gasteiger partial charge in [0.25, 0.3) is 0 Å². The first-order chi connectivity index (χ1) is 15.5. The number of nitrogens with zero attached hydrogens (tertiary/aromatic N) is 2. The number of carbonyl (C=O) groups is 1. The summed E-state index contributed by atoms with van der Waals surface area (Å²) >= 11 is 1.43. The number of nitrogens with one attached hydrogen (secondary N) is 1. The molecule has 1 amide bonds. The summed E-state index contributed by atoms with van der Waals surface area (Å²) < 4.78 is 27.5. The number of sulfonamides is 1. The number of hydrogen-bond acceptors (Lipinski definition) is 5. The zero-order valence-electron chi connectivity index (χ0n) is 17.9. The van der Waals surface area contributed by atoms with Crippen molar-refractivity contribution in [2.75, 3.05) is 13.1 Å². The highest BCUT2D eigenvalue weighted by atomic mass is 32.2. The normalized spacial score (nSPS) is 15.2. The molecule has 0 bridgehead atoms. The molecule has 0 spiro atoms. The topological polar surface area (TPSA) is 79.4 Å². The fourth-order valence-electron chi connectivity index (χ4n) is 3.75. The van der Waals surface area contributed by atoms with Crippen molar-refractivity contribution in [3.05, 3.63) is 70.5 Å². The van der Waals surface area contributed by atoms with Gasteiger partial charge in [-0.1, -0.05) is 55.3 Å². The van der Waals surface area contributed by atoms with Crippen LogP contribution in [0.4, 0.5) is 0 Å². The van der Waals surface area contributed by atoms with Gasteiger partial charge in [0, 0.05) is 30.6 Å². The van der Waals surface area contributed by atoms with E-state index in [1.54, 1.807) is 28.6 Å². The summed E-state index contributed by atoms with van der Waals surface area (Å²) in [6.07, 6.45) is 4.22. The molecule has 8 heteroatoms. The second-order valence-electron chi connectivity index (χ2n) is 7.91. The van der Waals surface area contributed by atoms with Crippen LogP contribution in [0.2, 0.25) is 0 Å². The average molecular weight is 470 g/mol. The molecule has 0 radical (unpaired) electrons. The van der Waals surface area contributed by atoms with Crippen molar-refractivity contribution in [3.63, 3.8) is 0 Å². The van der Waals surface area contributed by atoms with E-state index in [0.29, 0.717) is 24.5 Å². The second-order valence-corrected chi connectivity index (χ2v) is 10.8. The van der Waals surface area contributed by atoms with Gasteiger partial charge in [0.2, 0.25) is 15.9 Å². The van der Waals surface area contributed by atoms with E-state index in [4.69, 9.17) is 0 Å². The fraction of sp³-hybridized carbons (Fsp3) is 0.333. The summed E-state index contributed by atoms with van der Waals surface area (Å²) in [5.41, 5.74) is 2.64. The Balaban J connectivity index is 1.38. The van der Waals surface area contributed by atoms with Gasteiger partial charge in [-0.25, -0.2) is 13.4 Å². The first kappa shape index (κ1) is 22.6. The highest BCUT2D eigenvalue weighted by Crippen LogP contribution is 2.26. The number of rotatable bonds is 7. The predicted octanol–water partition coefficient (Wildman–Crippen LogP) is 4.23. The molecule has 1 aromatic heterocycles. The fourth-order valence-corrected chi connectivity index (χ4v) is 6.07. The van der Waals surface area contributed by atoms with Gasteiger partial charge >= 0.3 is 0 Å². The van der Waals surface area contributed by atoms with Crippen LogP contribution < -0.4 is 5.32 Å². The number of carbonyl (C=O) groups excluding carboxylic acids is 1. The van der Waals surface area contributed by atoms with E-state index >= 15 is 0 Å². The first-order valence-corrected chi connectivity index (χ1v) is 13.2. The lowest BCUT2D eigenvalue weighted by Crippen LogP contribution is -2.31. The average Bonchev–Trinajstić information content (AvgIpc) is 3.09. The lowest BCUT2D eigenvalue weighted by atomic mass is 10.2. The quantitative estimate of drug-likeness (QED) is 0.562.